The van der Waals surface area contributed by atoms with E-state index in [9.17, 15) is 0 Å². The highest BCUT2D eigenvalue weighted by atomic mass is 15.2. The molecule has 4 unspecified atom stereocenters. The molecule has 4 atom stereocenters. The van der Waals surface area contributed by atoms with E-state index in [-0.39, 0.29) is 34.7 Å². The monoisotopic (exact) mass is 934 g/mol. The van der Waals surface area contributed by atoms with Gasteiger partial charge >= 0.3 is 0 Å². The van der Waals surface area contributed by atoms with Crippen molar-refractivity contribution in [2.24, 2.45) is 15.9 Å². The number of aromatic nitrogens is 3. The summed E-state index contributed by atoms with van der Waals surface area (Å²) in [6.45, 7) is 9.69. The molecule has 7 aliphatic rings. The number of hydrogen-bond donors (Lipinski definition) is 1. The van der Waals surface area contributed by atoms with Crippen molar-refractivity contribution < 1.29 is 0 Å². The number of nitrogens with zero attached hydrogens (tertiary/aromatic N) is 5. The summed E-state index contributed by atoms with van der Waals surface area (Å²) in [6.07, 6.45) is 31.3. The molecule has 6 aliphatic carbocycles. The summed E-state index contributed by atoms with van der Waals surface area (Å²) in [5.74, 6) is 4.40. The summed E-state index contributed by atoms with van der Waals surface area (Å²) in [4.78, 5) is 26.6. The molecule has 0 amide bonds. The Bertz CT molecular complexity index is 3520. The molecule has 6 nitrogen and oxygen atoms in total. The Labute approximate surface area is 423 Å². The van der Waals surface area contributed by atoms with E-state index in [2.05, 4.69) is 215 Å². The quantitative estimate of drug-likeness (QED) is 0.165. The lowest BCUT2D eigenvalue weighted by atomic mass is 9.74. The summed E-state index contributed by atoms with van der Waals surface area (Å²) >= 11 is 0. The van der Waals surface area contributed by atoms with Crippen LogP contribution >= 0.6 is 0 Å². The molecule has 0 fully saturated rings. The van der Waals surface area contributed by atoms with Gasteiger partial charge < -0.3 is 5.32 Å². The molecule has 1 aromatic heterocycles. The molecule has 5 aromatic carbocycles. The Hall–Kier alpha value is -7.83. The number of benzene rings is 5. The third-order valence-electron chi connectivity index (χ3n) is 16.2. The second kappa shape index (κ2) is 17.5. The molecular weight excluding hydrogens is 877 g/mol. The lowest BCUT2D eigenvalue weighted by Crippen LogP contribution is -2.43. The van der Waals surface area contributed by atoms with E-state index in [0.29, 0.717) is 11.6 Å². The maximum absolute atomic E-state index is 5.47. The van der Waals surface area contributed by atoms with Gasteiger partial charge in [0.15, 0.2) is 17.5 Å². The molecule has 352 valence electrons. The molecule has 0 saturated carbocycles. The van der Waals surface area contributed by atoms with Gasteiger partial charge in [-0.25, -0.2) is 24.9 Å². The second-order valence-electron chi connectivity index (χ2n) is 21.4. The predicted molar refractivity (Wildman–Crippen MR) is 296 cm³/mol. The number of rotatable bonds is 8. The van der Waals surface area contributed by atoms with Crippen LogP contribution in [0.25, 0.3) is 50.6 Å². The maximum atomic E-state index is 5.47. The third-order valence-corrected chi connectivity index (χ3v) is 16.2. The van der Waals surface area contributed by atoms with Crippen molar-refractivity contribution in [3.05, 3.63) is 239 Å². The van der Waals surface area contributed by atoms with Gasteiger partial charge in [0.2, 0.25) is 0 Å². The first kappa shape index (κ1) is 44.1. The number of nitrogens with one attached hydrogen (secondary N) is 1. The summed E-state index contributed by atoms with van der Waals surface area (Å²) < 4.78 is 0. The normalized spacial score (nSPS) is 22.8. The molecule has 13 rings (SSSR count). The molecule has 0 saturated heterocycles. The van der Waals surface area contributed by atoms with E-state index in [1.807, 2.05) is 6.07 Å². The molecule has 72 heavy (non-hydrogen) atoms. The Balaban J connectivity index is 0.974. The van der Waals surface area contributed by atoms with Crippen LogP contribution < -0.4 is 5.32 Å². The standard InChI is InChI=1S/C66H58N6/c1-65(2)53-39-52-54(40-51(53)57-49(41-23-11-5-12-24-41)35-47(37-55(57)65)63-69-59(43-27-15-7-16-28-43)67-60(70-63)44-29-17-8-18-30-44)66(3,4)56-38-48(36-50(58(52)56)42-25-13-6-14-26-42)64-71-61(45-31-19-9-20-32-45)68-62(72-64)46-33-21-10-22-34-46/h5-9,11-21,23-29,31,33-35,37-40,44-45,50,62H,10,22,30,32,36H2,1-4H3,(H,68,71,72). The fourth-order valence-corrected chi connectivity index (χ4v) is 12.3. The highest BCUT2D eigenvalue weighted by Gasteiger charge is 2.47. The Kier molecular flexibility index (Phi) is 10.7. The number of amidine groups is 2. The zero-order valence-corrected chi connectivity index (χ0v) is 41.5. The van der Waals surface area contributed by atoms with Crippen LogP contribution in [0.4, 0.5) is 0 Å². The fourth-order valence-electron chi connectivity index (χ4n) is 12.3. The zero-order valence-electron chi connectivity index (χ0n) is 41.5. The minimum absolute atomic E-state index is 0.0707. The van der Waals surface area contributed by atoms with E-state index in [1.165, 1.54) is 72.4 Å². The van der Waals surface area contributed by atoms with Crippen LogP contribution in [0, 0.1) is 5.92 Å². The van der Waals surface area contributed by atoms with Crippen LogP contribution in [-0.2, 0) is 10.8 Å². The molecule has 2 heterocycles. The van der Waals surface area contributed by atoms with Crippen LogP contribution in [0.1, 0.15) is 105 Å². The molecule has 0 spiro atoms. The number of fused-ring (bicyclic) bond motifs is 5. The first-order valence-corrected chi connectivity index (χ1v) is 25.9. The maximum Gasteiger partial charge on any atom is 0.163 e. The van der Waals surface area contributed by atoms with Gasteiger partial charge in [0.25, 0.3) is 0 Å². The molecule has 6 aromatic rings. The summed E-state index contributed by atoms with van der Waals surface area (Å²) in [6, 6.07) is 42.3. The fraction of sp³-hybridized carbons (Fsp3) is 0.227. The molecule has 0 radical (unpaired) electrons. The van der Waals surface area contributed by atoms with Gasteiger partial charge in [-0.05, 0) is 129 Å². The van der Waals surface area contributed by atoms with Crippen LogP contribution in [0.15, 0.2) is 215 Å². The van der Waals surface area contributed by atoms with E-state index in [0.717, 1.165) is 60.7 Å². The van der Waals surface area contributed by atoms with Crippen LogP contribution in [0.2, 0.25) is 0 Å². The smallest absolute Gasteiger partial charge is 0.163 e. The molecule has 0 bridgehead atoms. The van der Waals surface area contributed by atoms with Gasteiger partial charge in [-0.3, -0.25) is 0 Å². The molecule has 1 aliphatic heterocycles. The van der Waals surface area contributed by atoms with E-state index in [4.69, 9.17) is 24.9 Å². The lowest BCUT2D eigenvalue weighted by molar-refractivity contribution is 0.642. The zero-order chi connectivity index (χ0) is 48.6. The Morgan fingerprint density at radius 1 is 0.583 bits per heavy atom. The van der Waals surface area contributed by atoms with Gasteiger partial charge in [-0.1, -0.05) is 192 Å². The van der Waals surface area contributed by atoms with Crippen molar-refractivity contribution in [2.45, 2.75) is 88.6 Å². The first-order valence-electron chi connectivity index (χ1n) is 25.9. The van der Waals surface area contributed by atoms with Gasteiger partial charge in [0.05, 0.1) is 0 Å². The van der Waals surface area contributed by atoms with E-state index >= 15 is 0 Å². The van der Waals surface area contributed by atoms with Crippen LogP contribution in [-0.4, -0.2) is 32.8 Å². The minimum Gasteiger partial charge on any atom is -0.348 e. The second-order valence-corrected chi connectivity index (χ2v) is 21.4. The van der Waals surface area contributed by atoms with Crippen molar-refractivity contribution in [2.75, 3.05) is 0 Å². The lowest BCUT2D eigenvalue weighted by Gasteiger charge is -2.32. The first-order chi connectivity index (χ1) is 35.2. The topological polar surface area (TPSA) is 75.4 Å². The van der Waals surface area contributed by atoms with Gasteiger partial charge in [-0.2, -0.15) is 0 Å². The van der Waals surface area contributed by atoms with Crippen molar-refractivity contribution in [1.82, 2.24) is 20.3 Å². The largest absolute Gasteiger partial charge is 0.348 e. The molecular formula is C66H58N6. The number of hydrogen-bond acceptors (Lipinski definition) is 6. The SMILES string of the molecule is CC1(C)C2=C(c3cc4c(cc31)-c1c(-c3ccccc3)cc(-c3nc(-c5ccccc5)nc(C5C=CC=CC5)n3)cc1C4(C)C)C(c1ccccc1)CC(C1=NC(C3=CCCC=C3)NC(C3C=CC=CC3)=N1)=C2. The van der Waals surface area contributed by atoms with Gasteiger partial charge in [-0.15, -0.1) is 0 Å². The third kappa shape index (κ3) is 7.50. The average molecular weight is 935 g/mol. The highest BCUT2D eigenvalue weighted by Crippen LogP contribution is 2.61. The van der Waals surface area contributed by atoms with E-state index < -0.39 is 0 Å². The summed E-state index contributed by atoms with van der Waals surface area (Å²) in [5.41, 5.74) is 18.2. The summed E-state index contributed by atoms with van der Waals surface area (Å²) in [5, 5.41) is 3.78. The summed E-state index contributed by atoms with van der Waals surface area (Å²) in [7, 11) is 0. The van der Waals surface area contributed by atoms with Gasteiger partial charge in [0, 0.05) is 39.7 Å². The van der Waals surface area contributed by atoms with Crippen LogP contribution in [0.3, 0.4) is 0 Å². The Morgan fingerprint density at radius 2 is 1.25 bits per heavy atom. The highest BCUT2D eigenvalue weighted by molar-refractivity contribution is 6.10. The van der Waals surface area contributed by atoms with Gasteiger partial charge in [0.1, 0.15) is 17.8 Å². The average Bonchev–Trinajstić information content (AvgIpc) is 3.81. The van der Waals surface area contributed by atoms with Crippen molar-refractivity contribution in [3.8, 4) is 45.0 Å². The number of aliphatic imine (C=N–C) groups is 2. The number of allylic oxidation sites excluding steroid dienone is 12. The van der Waals surface area contributed by atoms with Crippen LogP contribution in [0.5, 0.6) is 0 Å². The van der Waals surface area contributed by atoms with E-state index in [1.54, 1.807) is 0 Å². The predicted octanol–water partition coefficient (Wildman–Crippen LogP) is 15.1. The van der Waals surface area contributed by atoms with Crippen molar-refractivity contribution >= 4 is 17.2 Å². The Morgan fingerprint density at radius 3 is 1.94 bits per heavy atom. The van der Waals surface area contributed by atoms with Crippen molar-refractivity contribution in [3.63, 3.8) is 0 Å². The molecule has 1 N–H and O–H groups in total. The van der Waals surface area contributed by atoms with Crippen molar-refractivity contribution in [1.29, 1.82) is 0 Å². The minimum atomic E-state index is -0.339. The molecule has 6 heteroatoms.